The van der Waals surface area contributed by atoms with Gasteiger partial charge in [0.05, 0.1) is 6.20 Å². The Hall–Kier alpha value is -1.75. The summed E-state index contributed by atoms with van der Waals surface area (Å²) in [5.41, 5.74) is 1.26. The van der Waals surface area contributed by atoms with Crippen molar-refractivity contribution in [3.8, 4) is 0 Å². The molecule has 0 saturated carbocycles. The number of benzene rings is 1. The van der Waals surface area contributed by atoms with E-state index in [1.165, 1.54) is 5.56 Å². The molecule has 4 nitrogen and oxygen atoms in total. The van der Waals surface area contributed by atoms with Gasteiger partial charge in [0.1, 0.15) is 4.88 Å². The fraction of sp³-hybridized carbons (Fsp3) is 0.400. The number of aromatic nitrogens is 2. The summed E-state index contributed by atoms with van der Waals surface area (Å²) in [6.45, 7) is 4.83. The van der Waals surface area contributed by atoms with E-state index in [0.717, 1.165) is 24.4 Å². The summed E-state index contributed by atoms with van der Waals surface area (Å²) >= 11 is 1.16. The molecule has 0 bridgehead atoms. The van der Waals surface area contributed by atoms with Crippen LogP contribution in [0.25, 0.3) is 0 Å². The van der Waals surface area contributed by atoms with Crippen molar-refractivity contribution in [1.82, 2.24) is 14.5 Å². The number of hydrogen-bond acceptors (Lipinski definition) is 4. The van der Waals surface area contributed by atoms with Crippen LogP contribution in [0.1, 0.15) is 35.5 Å². The van der Waals surface area contributed by atoms with Crippen LogP contribution in [0.4, 0.5) is 0 Å². The van der Waals surface area contributed by atoms with Crippen molar-refractivity contribution in [1.29, 1.82) is 0 Å². The highest BCUT2D eigenvalue weighted by Crippen LogP contribution is 2.16. The molecule has 1 aromatic carbocycles. The lowest BCUT2D eigenvalue weighted by Gasteiger charge is -2.29. The number of likely N-dealkylation sites (N-methyl/N-ethyl adjacent to an activating group) is 1. The van der Waals surface area contributed by atoms with Crippen LogP contribution in [0.3, 0.4) is 0 Å². The Morgan fingerprint density at radius 2 is 2.05 bits per heavy atom. The summed E-state index contributed by atoms with van der Waals surface area (Å²) in [6, 6.07) is 10.5. The third kappa shape index (κ3) is 3.42. The van der Waals surface area contributed by atoms with Gasteiger partial charge in [0.25, 0.3) is 5.91 Å². The van der Waals surface area contributed by atoms with Crippen LogP contribution >= 0.6 is 11.5 Å². The van der Waals surface area contributed by atoms with Gasteiger partial charge in [0, 0.05) is 12.6 Å². The fourth-order valence-electron chi connectivity index (χ4n) is 2.33. The molecule has 2 rings (SSSR count). The Labute approximate surface area is 123 Å². The van der Waals surface area contributed by atoms with Gasteiger partial charge in [-0.1, -0.05) is 41.7 Å². The van der Waals surface area contributed by atoms with Gasteiger partial charge >= 0.3 is 0 Å². The van der Waals surface area contributed by atoms with E-state index in [9.17, 15) is 4.79 Å². The molecule has 0 N–H and O–H groups in total. The van der Waals surface area contributed by atoms with Gasteiger partial charge in [0.2, 0.25) is 0 Å². The Balaban J connectivity index is 2.13. The molecule has 0 saturated heterocycles. The third-order valence-corrected chi connectivity index (χ3v) is 4.05. The largest absolute Gasteiger partial charge is 0.335 e. The highest BCUT2D eigenvalue weighted by Gasteiger charge is 2.23. The van der Waals surface area contributed by atoms with Gasteiger partial charge in [-0.25, -0.2) is 0 Å². The second-order valence-electron chi connectivity index (χ2n) is 4.62. The van der Waals surface area contributed by atoms with E-state index in [0.29, 0.717) is 11.4 Å². The SMILES string of the molecule is CCC(Cc1ccccc1)N(CC)C(=O)c1cnns1. The van der Waals surface area contributed by atoms with Crippen LogP contribution in [0.15, 0.2) is 36.5 Å². The molecule has 106 valence electrons. The van der Waals surface area contributed by atoms with Crippen molar-refractivity contribution in [3.05, 3.63) is 47.0 Å². The Bertz CT molecular complexity index is 527. The average molecular weight is 289 g/mol. The zero-order valence-corrected chi connectivity index (χ0v) is 12.6. The van der Waals surface area contributed by atoms with E-state index < -0.39 is 0 Å². The maximum absolute atomic E-state index is 12.5. The smallest absolute Gasteiger partial charge is 0.267 e. The first-order valence-electron chi connectivity index (χ1n) is 6.88. The zero-order valence-electron chi connectivity index (χ0n) is 11.8. The fourth-order valence-corrected chi connectivity index (χ4v) is 2.80. The van der Waals surface area contributed by atoms with Gasteiger partial charge in [-0.15, -0.1) is 5.10 Å². The molecule has 0 spiro atoms. The highest BCUT2D eigenvalue weighted by atomic mass is 32.1. The predicted octanol–water partition coefficient (Wildman–Crippen LogP) is 3.02. The average Bonchev–Trinajstić information content (AvgIpc) is 3.02. The molecule has 0 radical (unpaired) electrons. The van der Waals surface area contributed by atoms with E-state index in [4.69, 9.17) is 0 Å². The molecule has 0 aliphatic carbocycles. The number of amides is 1. The summed E-state index contributed by atoms with van der Waals surface area (Å²) in [5, 5.41) is 3.75. The minimum absolute atomic E-state index is 0.0327. The van der Waals surface area contributed by atoms with E-state index in [2.05, 4.69) is 28.6 Å². The van der Waals surface area contributed by atoms with Crippen molar-refractivity contribution >= 4 is 17.4 Å². The Morgan fingerprint density at radius 1 is 1.30 bits per heavy atom. The van der Waals surface area contributed by atoms with E-state index in [1.807, 2.05) is 30.0 Å². The maximum atomic E-state index is 12.5. The number of carbonyl (C=O) groups is 1. The highest BCUT2D eigenvalue weighted by molar-refractivity contribution is 7.07. The lowest BCUT2D eigenvalue weighted by atomic mass is 10.0. The monoisotopic (exact) mass is 289 g/mol. The molecule has 0 aliphatic rings. The molecule has 1 heterocycles. The molecule has 0 aliphatic heterocycles. The molecule has 0 fully saturated rings. The predicted molar refractivity (Wildman–Crippen MR) is 80.8 cm³/mol. The second kappa shape index (κ2) is 7.14. The normalized spacial score (nSPS) is 12.1. The second-order valence-corrected chi connectivity index (χ2v) is 5.41. The van der Waals surface area contributed by atoms with Crippen LogP contribution < -0.4 is 0 Å². The van der Waals surface area contributed by atoms with Crippen molar-refractivity contribution in [2.24, 2.45) is 0 Å². The van der Waals surface area contributed by atoms with Crippen molar-refractivity contribution in [2.45, 2.75) is 32.7 Å². The maximum Gasteiger partial charge on any atom is 0.267 e. The van der Waals surface area contributed by atoms with Crippen molar-refractivity contribution in [2.75, 3.05) is 6.54 Å². The summed E-state index contributed by atoms with van der Waals surface area (Å²) in [4.78, 5) is 15.0. The first-order chi connectivity index (χ1) is 9.76. The first-order valence-corrected chi connectivity index (χ1v) is 7.65. The minimum Gasteiger partial charge on any atom is -0.335 e. The summed E-state index contributed by atoms with van der Waals surface area (Å²) in [7, 11) is 0. The zero-order chi connectivity index (χ0) is 14.4. The van der Waals surface area contributed by atoms with Crippen LogP contribution in [-0.2, 0) is 6.42 Å². The standard InChI is InChI=1S/C15H19N3OS/c1-3-13(10-12-8-6-5-7-9-12)18(4-2)15(19)14-11-16-17-20-14/h5-9,11,13H,3-4,10H2,1-2H3. The van der Waals surface area contributed by atoms with Gasteiger partial charge in [-0.3, -0.25) is 4.79 Å². The number of rotatable bonds is 6. The van der Waals surface area contributed by atoms with E-state index >= 15 is 0 Å². The molecule has 5 heteroatoms. The summed E-state index contributed by atoms with van der Waals surface area (Å²) < 4.78 is 3.77. The van der Waals surface area contributed by atoms with Crippen LogP contribution in [0.5, 0.6) is 0 Å². The molecule has 2 aromatic rings. The van der Waals surface area contributed by atoms with Gasteiger partial charge in [0.15, 0.2) is 0 Å². The van der Waals surface area contributed by atoms with Crippen LogP contribution in [0.2, 0.25) is 0 Å². The number of nitrogens with zero attached hydrogens (tertiary/aromatic N) is 3. The molecule has 1 amide bonds. The third-order valence-electron chi connectivity index (χ3n) is 3.40. The molecular weight excluding hydrogens is 270 g/mol. The molecule has 1 atom stereocenters. The Morgan fingerprint density at radius 3 is 2.60 bits per heavy atom. The van der Waals surface area contributed by atoms with E-state index in [-0.39, 0.29) is 11.9 Å². The lowest BCUT2D eigenvalue weighted by molar-refractivity contribution is 0.0689. The van der Waals surface area contributed by atoms with Crippen LogP contribution in [0, 0.1) is 0 Å². The van der Waals surface area contributed by atoms with Gasteiger partial charge in [-0.05, 0) is 36.9 Å². The summed E-state index contributed by atoms with van der Waals surface area (Å²) in [5.74, 6) is 0.0327. The molecular formula is C15H19N3OS. The first kappa shape index (κ1) is 14.7. The van der Waals surface area contributed by atoms with Gasteiger partial charge < -0.3 is 4.90 Å². The molecule has 20 heavy (non-hydrogen) atoms. The van der Waals surface area contributed by atoms with Gasteiger partial charge in [-0.2, -0.15) is 0 Å². The van der Waals surface area contributed by atoms with E-state index in [1.54, 1.807) is 6.20 Å². The molecule has 1 unspecified atom stereocenters. The van der Waals surface area contributed by atoms with Crippen LogP contribution in [-0.4, -0.2) is 33.0 Å². The van der Waals surface area contributed by atoms with Crippen molar-refractivity contribution in [3.63, 3.8) is 0 Å². The number of carbonyl (C=O) groups excluding carboxylic acids is 1. The Kier molecular flexibility index (Phi) is 5.24. The molecule has 1 aromatic heterocycles. The summed E-state index contributed by atoms with van der Waals surface area (Å²) in [6.07, 6.45) is 3.36. The quantitative estimate of drug-likeness (QED) is 0.821. The minimum atomic E-state index is 0.0327. The lowest BCUT2D eigenvalue weighted by Crippen LogP contribution is -2.40. The topological polar surface area (TPSA) is 46.1 Å². The number of hydrogen-bond donors (Lipinski definition) is 0. The van der Waals surface area contributed by atoms with Crippen molar-refractivity contribution < 1.29 is 4.79 Å².